The Balaban J connectivity index is 0.000000561. The van der Waals surface area contributed by atoms with Crippen LogP contribution in [0.15, 0.2) is 18.3 Å². The van der Waals surface area contributed by atoms with Crippen molar-refractivity contribution in [2.24, 2.45) is 12.8 Å². The van der Waals surface area contributed by atoms with Crippen molar-refractivity contribution in [3.8, 4) is 11.4 Å². The van der Waals surface area contributed by atoms with E-state index in [0.29, 0.717) is 5.95 Å². The summed E-state index contributed by atoms with van der Waals surface area (Å²) in [5, 5.41) is 4.15. The average molecular weight is 305 g/mol. The molecule has 1 aliphatic rings. The van der Waals surface area contributed by atoms with Gasteiger partial charge in [0.2, 0.25) is 5.95 Å². The van der Waals surface area contributed by atoms with Crippen LogP contribution < -0.4 is 16.4 Å². The maximum atomic E-state index is 5.80. The summed E-state index contributed by atoms with van der Waals surface area (Å²) in [4.78, 5) is 10.9. The van der Waals surface area contributed by atoms with E-state index in [4.69, 9.17) is 5.73 Å². The lowest BCUT2D eigenvalue weighted by Crippen LogP contribution is -2.20. The summed E-state index contributed by atoms with van der Waals surface area (Å²) in [5.74, 6) is 1.23. The van der Waals surface area contributed by atoms with E-state index in [0.717, 1.165) is 30.3 Å². The Labute approximate surface area is 132 Å². The molecule has 0 saturated carbocycles. The SMILES string of the molecule is CC.CN.Cn1nccc1-c1cc(N2CCCC2)nc(N)n1. The van der Waals surface area contributed by atoms with E-state index in [1.807, 2.05) is 33.0 Å². The Morgan fingerprint density at radius 1 is 1.09 bits per heavy atom. The summed E-state index contributed by atoms with van der Waals surface area (Å²) in [6.45, 7) is 6.09. The number of rotatable bonds is 2. The van der Waals surface area contributed by atoms with Gasteiger partial charge >= 0.3 is 0 Å². The number of aromatic nitrogens is 4. The lowest BCUT2D eigenvalue weighted by atomic mass is 10.3. The van der Waals surface area contributed by atoms with Crippen molar-refractivity contribution in [1.29, 1.82) is 0 Å². The first-order valence-corrected chi connectivity index (χ1v) is 7.69. The first-order chi connectivity index (χ1) is 10.7. The van der Waals surface area contributed by atoms with Gasteiger partial charge in [0, 0.05) is 32.4 Å². The average Bonchev–Trinajstić information content (AvgIpc) is 3.22. The largest absolute Gasteiger partial charge is 0.368 e. The van der Waals surface area contributed by atoms with Crippen LogP contribution in [0.4, 0.5) is 11.8 Å². The third-order valence-corrected chi connectivity index (χ3v) is 3.24. The van der Waals surface area contributed by atoms with Crippen LogP contribution in [0.2, 0.25) is 0 Å². The van der Waals surface area contributed by atoms with Gasteiger partial charge in [0.15, 0.2) is 0 Å². The second kappa shape index (κ2) is 8.99. The normalized spacial score (nSPS) is 13.0. The molecule has 0 aliphatic carbocycles. The molecular weight excluding hydrogens is 278 g/mol. The number of hydrogen-bond acceptors (Lipinski definition) is 6. The summed E-state index contributed by atoms with van der Waals surface area (Å²) in [6.07, 6.45) is 4.18. The van der Waals surface area contributed by atoms with Gasteiger partial charge in [0.05, 0.1) is 11.4 Å². The number of nitrogens with two attached hydrogens (primary N) is 2. The predicted molar refractivity (Wildman–Crippen MR) is 91.6 cm³/mol. The summed E-state index contributed by atoms with van der Waals surface area (Å²) < 4.78 is 1.79. The van der Waals surface area contributed by atoms with Crippen molar-refractivity contribution in [1.82, 2.24) is 19.7 Å². The molecule has 122 valence electrons. The molecule has 1 aliphatic heterocycles. The third-order valence-electron chi connectivity index (χ3n) is 3.24. The second-order valence-electron chi connectivity index (χ2n) is 4.50. The number of aryl methyl sites for hydroxylation is 1. The third kappa shape index (κ3) is 4.17. The number of nitrogen functional groups attached to an aromatic ring is 1. The molecule has 22 heavy (non-hydrogen) atoms. The lowest BCUT2D eigenvalue weighted by molar-refractivity contribution is 0.773. The highest BCUT2D eigenvalue weighted by molar-refractivity contribution is 5.61. The van der Waals surface area contributed by atoms with Crippen LogP contribution in [0.25, 0.3) is 11.4 Å². The number of nitrogens with zero attached hydrogens (tertiary/aromatic N) is 5. The molecule has 7 nitrogen and oxygen atoms in total. The molecule has 3 rings (SSSR count). The first-order valence-electron chi connectivity index (χ1n) is 7.69. The first kappa shape index (κ1) is 17.9. The molecule has 2 aromatic rings. The highest BCUT2D eigenvalue weighted by Gasteiger charge is 2.16. The highest BCUT2D eigenvalue weighted by Crippen LogP contribution is 2.24. The highest BCUT2D eigenvalue weighted by atomic mass is 15.3. The van der Waals surface area contributed by atoms with Gasteiger partial charge in [0.1, 0.15) is 5.82 Å². The zero-order valence-electron chi connectivity index (χ0n) is 14.0. The van der Waals surface area contributed by atoms with Crippen molar-refractivity contribution >= 4 is 11.8 Å². The van der Waals surface area contributed by atoms with Gasteiger partial charge in [-0.3, -0.25) is 4.68 Å². The standard InChI is InChI=1S/C12H16N6.C2H6.CH5N/c1-17-10(4-5-14-17)9-8-11(16-12(13)15-9)18-6-2-3-7-18;2*1-2/h4-5,8H,2-3,6-7H2,1H3,(H2,13,15,16);1-2H3;2H2,1H3. The molecule has 3 heterocycles. The van der Waals surface area contributed by atoms with Gasteiger partial charge in [-0.05, 0) is 26.0 Å². The Morgan fingerprint density at radius 3 is 2.27 bits per heavy atom. The van der Waals surface area contributed by atoms with Crippen LogP contribution in [0.1, 0.15) is 26.7 Å². The maximum Gasteiger partial charge on any atom is 0.222 e. The number of anilines is 2. The lowest BCUT2D eigenvalue weighted by Gasteiger charge is -2.17. The van der Waals surface area contributed by atoms with E-state index in [-0.39, 0.29) is 0 Å². The van der Waals surface area contributed by atoms with Crippen molar-refractivity contribution in [2.45, 2.75) is 26.7 Å². The van der Waals surface area contributed by atoms with E-state index in [1.165, 1.54) is 19.9 Å². The quantitative estimate of drug-likeness (QED) is 0.875. The van der Waals surface area contributed by atoms with Crippen molar-refractivity contribution in [3.63, 3.8) is 0 Å². The Morgan fingerprint density at radius 2 is 1.73 bits per heavy atom. The van der Waals surface area contributed by atoms with Crippen LogP contribution in [-0.4, -0.2) is 39.9 Å². The Kier molecular flexibility index (Phi) is 7.31. The summed E-state index contributed by atoms with van der Waals surface area (Å²) in [5.41, 5.74) is 12.1. The summed E-state index contributed by atoms with van der Waals surface area (Å²) in [6, 6.07) is 3.91. The molecule has 4 N–H and O–H groups in total. The molecule has 1 fully saturated rings. The number of hydrogen-bond donors (Lipinski definition) is 2. The Bertz CT molecular complexity index is 559. The van der Waals surface area contributed by atoms with Gasteiger partial charge in [-0.15, -0.1) is 0 Å². The fourth-order valence-corrected chi connectivity index (χ4v) is 2.32. The fraction of sp³-hybridized carbons (Fsp3) is 0.533. The van der Waals surface area contributed by atoms with Gasteiger partial charge in [-0.25, -0.2) is 4.98 Å². The molecule has 2 aromatic heterocycles. The molecule has 1 saturated heterocycles. The molecule has 0 spiro atoms. The van der Waals surface area contributed by atoms with Crippen LogP contribution in [0.3, 0.4) is 0 Å². The minimum atomic E-state index is 0.315. The van der Waals surface area contributed by atoms with Gasteiger partial charge in [-0.2, -0.15) is 10.1 Å². The second-order valence-corrected chi connectivity index (χ2v) is 4.50. The van der Waals surface area contributed by atoms with E-state index < -0.39 is 0 Å². The minimum Gasteiger partial charge on any atom is -0.368 e. The smallest absolute Gasteiger partial charge is 0.222 e. The molecule has 7 heteroatoms. The molecule has 0 aromatic carbocycles. The topological polar surface area (TPSA) is 98.9 Å². The summed E-state index contributed by atoms with van der Waals surface area (Å²) >= 11 is 0. The van der Waals surface area contributed by atoms with E-state index >= 15 is 0 Å². The zero-order chi connectivity index (χ0) is 16.5. The van der Waals surface area contributed by atoms with Gasteiger partial charge < -0.3 is 16.4 Å². The van der Waals surface area contributed by atoms with E-state index in [1.54, 1.807) is 10.9 Å². The molecule has 0 unspecified atom stereocenters. The minimum absolute atomic E-state index is 0.315. The van der Waals surface area contributed by atoms with Crippen LogP contribution in [-0.2, 0) is 7.05 Å². The monoisotopic (exact) mass is 305 g/mol. The molecular formula is C15H27N7. The van der Waals surface area contributed by atoms with Gasteiger partial charge in [-0.1, -0.05) is 13.8 Å². The van der Waals surface area contributed by atoms with E-state index in [2.05, 4.69) is 25.7 Å². The molecule has 0 radical (unpaired) electrons. The van der Waals surface area contributed by atoms with Crippen molar-refractivity contribution in [3.05, 3.63) is 18.3 Å². The molecule has 0 bridgehead atoms. The summed E-state index contributed by atoms with van der Waals surface area (Å²) in [7, 11) is 3.39. The Hall–Kier alpha value is -2.15. The van der Waals surface area contributed by atoms with Crippen LogP contribution in [0, 0.1) is 0 Å². The van der Waals surface area contributed by atoms with E-state index in [9.17, 15) is 0 Å². The molecule has 0 amide bonds. The maximum absolute atomic E-state index is 5.80. The van der Waals surface area contributed by atoms with Crippen LogP contribution in [0.5, 0.6) is 0 Å². The van der Waals surface area contributed by atoms with Gasteiger partial charge in [0.25, 0.3) is 0 Å². The fourth-order valence-electron chi connectivity index (χ4n) is 2.32. The predicted octanol–water partition coefficient (Wildman–Crippen LogP) is 1.66. The zero-order valence-corrected chi connectivity index (χ0v) is 14.0. The van der Waals surface area contributed by atoms with Crippen molar-refractivity contribution in [2.75, 3.05) is 30.8 Å². The molecule has 0 atom stereocenters. The van der Waals surface area contributed by atoms with Crippen molar-refractivity contribution < 1.29 is 0 Å². The van der Waals surface area contributed by atoms with Crippen LogP contribution >= 0.6 is 0 Å².